The second-order valence-electron chi connectivity index (χ2n) is 5.14. The molecular formula is C17H12BrN3O3S. The summed E-state index contributed by atoms with van der Waals surface area (Å²) >= 11 is 4.79. The van der Waals surface area contributed by atoms with Crippen LogP contribution in [0.2, 0.25) is 0 Å². The quantitative estimate of drug-likeness (QED) is 0.593. The number of thiophene rings is 1. The molecule has 3 rings (SSSR count). The van der Waals surface area contributed by atoms with Gasteiger partial charge in [0.25, 0.3) is 5.88 Å². The first-order valence-electron chi connectivity index (χ1n) is 7.24. The average molecular weight is 418 g/mol. The molecule has 8 heteroatoms. The molecule has 0 fully saturated rings. The van der Waals surface area contributed by atoms with Crippen molar-refractivity contribution in [3.05, 3.63) is 84.0 Å². The molecule has 0 spiro atoms. The predicted octanol–water partition coefficient (Wildman–Crippen LogP) is 4.22. The van der Waals surface area contributed by atoms with Crippen LogP contribution in [0.1, 0.15) is 16.4 Å². The summed E-state index contributed by atoms with van der Waals surface area (Å²) in [6.07, 6.45) is 0. The monoisotopic (exact) mass is 417 g/mol. The topological polar surface area (TPSA) is 88.2 Å². The van der Waals surface area contributed by atoms with Crippen molar-refractivity contribution in [3.63, 3.8) is 0 Å². The van der Waals surface area contributed by atoms with Crippen LogP contribution in [0.15, 0.2) is 63.4 Å². The van der Waals surface area contributed by atoms with Crippen LogP contribution >= 0.6 is 27.3 Å². The van der Waals surface area contributed by atoms with Gasteiger partial charge in [0.15, 0.2) is 5.76 Å². The van der Waals surface area contributed by atoms with Gasteiger partial charge >= 0.3 is 5.70 Å². The summed E-state index contributed by atoms with van der Waals surface area (Å²) in [5.41, 5.74) is 0.673. The van der Waals surface area contributed by atoms with Crippen LogP contribution < -0.4 is 5.32 Å². The molecule has 126 valence electrons. The summed E-state index contributed by atoms with van der Waals surface area (Å²) in [6.45, 7) is 0. The largest absolute Gasteiger partial charge is 0.433 e. The molecule has 0 saturated heterocycles. The van der Waals surface area contributed by atoms with Crippen molar-refractivity contribution >= 4 is 33.0 Å². The molecule has 0 amide bonds. The highest BCUT2D eigenvalue weighted by molar-refractivity contribution is 9.10. The lowest BCUT2D eigenvalue weighted by atomic mass is 9.86. The van der Waals surface area contributed by atoms with Crippen LogP contribution in [0.25, 0.3) is 5.76 Å². The maximum Gasteiger partial charge on any atom is 0.318 e. The Balaban J connectivity index is 2.29. The lowest BCUT2D eigenvalue weighted by Crippen LogP contribution is -2.26. The van der Waals surface area contributed by atoms with Gasteiger partial charge in [0.1, 0.15) is 5.92 Å². The number of hydrogen-bond acceptors (Lipinski definition) is 6. The van der Waals surface area contributed by atoms with Crippen LogP contribution in [0, 0.1) is 21.4 Å². The lowest BCUT2D eigenvalue weighted by Gasteiger charge is -2.25. The number of allylic oxidation sites excluding steroid dienone is 1. The van der Waals surface area contributed by atoms with Crippen molar-refractivity contribution < 1.29 is 9.66 Å². The van der Waals surface area contributed by atoms with Crippen molar-refractivity contribution in [2.75, 3.05) is 7.05 Å². The summed E-state index contributed by atoms with van der Waals surface area (Å²) in [5.74, 6) is -0.444. The Labute approximate surface area is 156 Å². The van der Waals surface area contributed by atoms with Crippen LogP contribution in [0.5, 0.6) is 0 Å². The van der Waals surface area contributed by atoms with Crippen molar-refractivity contribution in [2.24, 2.45) is 0 Å². The highest BCUT2D eigenvalue weighted by atomic mass is 79.9. The fraction of sp³-hybridized carbons (Fsp3) is 0.118. The van der Waals surface area contributed by atoms with E-state index in [1.54, 1.807) is 25.2 Å². The van der Waals surface area contributed by atoms with Crippen molar-refractivity contribution in [3.8, 4) is 6.07 Å². The van der Waals surface area contributed by atoms with Crippen LogP contribution in [-0.4, -0.2) is 12.0 Å². The minimum Gasteiger partial charge on any atom is -0.433 e. The normalized spacial score (nSPS) is 17.1. The van der Waals surface area contributed by atoms with Gasteiger partial charge in [-0.15, -0.1) is 11.3 Å². The Kier molecular flexibility index (Phi) is 4.88. The fourth-order valence-electron chi connectivity index (χ4n) is 2.69. The van der Waals surface area contributed by atoms with Gasteiger partial charge in [-0.3, -0.25) is 10.1 Å². The molecule has 0 aliphatic carbocycles. The van der Waals surface area contributed by atoms with Gasteiger partial charge in [0, 0.05) is 11.5 Å². The Morgan fingerprint density at radius 1 is 1.40 bits per heavy atom. The minimum atomic E-state index is -0.828. The molecule has 0 radical (unpaired) electrons. The molecule has 2 aromatic rings. The Morgan fingerprint density at radius 3 is 2.76 bits per heavy atom. The SMILES string of the molecule is CNC1=C([N+](=O)[O-])C(c2cccc(Br)c2)C(C#N)=C(c2cccs2)O1. The summed E-state index contributed by atoms with van der Waals surface area (Å²) in [7, 11) is 1.56. The number of nitrogens with zero attached hydrogens (tertiary/aromatic N) is 2. The molecule has 1 N–H and O–H groups in total. The number of rotatable bonds is 4. The summed E-state index contributed by atoms with van der Waals surface area (Å²) in [5, 5.41) is 26.1. The van der Waals surface area contributed by atoms with E-state index in [2.05, 4.69) is 27.3 Å². The molecule has 1 atom stereocenters. The first-order valence-corrected chi connectivity index (χ1v) is 8.91. The molecule has 0 saturated carbocycles. The molecule has 1 unspecified atom stereocenters. The van der Waals surface area contributed by atoms with Gasteiger partial charge in [-0.2, -0.15) is 5.26 Å². The van der Waals surface area contributed by atoms with Crippen molar-refractivity contribution in [1.82, 2.24) is 5.32 Å². The Bertz CT molecular complexity index is 929. The molecule has 25 heavy (non-hydrogen) atoms. The number of hydrogen-bond donors (Lipinski definition) is 1. The molecule has 6 nitrogen and oxygen atoms in total. The average Bonchev–Trinajstić information content (AvgIpc) is 3.14. The zero-order chi connectivity index (χ0) is 18.0. The molecule has 1 aliphatic heterocycles. The van der Waals surface area contributed by atoms with Crippen molar-refractivity contribution in [2.45, 2.75) is 5.92 Å². The predicted molar refractivity (Wildman–Crippen MR) is 97.9 cm³/mol. The van der Waals surface area contributed by atoms with E-state index >= 15 is 0 Å². The third kappa shape index (κ3) is 3.16. The maximum atomic E-state index is 11.7. The highest BCUT2D eigenvalue weighted by Gasteiger charge is 2.42. The van der Waals surface area contributed by atoms with E-state index in [4.69, 9.17) is 4.74 Å². The molecular weight excluding hydrogens is 406 g/mol. The lowest BCUT2D eigenvalue weighted by molar-refractivity contribution is -0.433. The number of nitrogens with one attached hydrogen (secondary N) is 1. The van der Waals surface area contributed by atoms with Gasteiger partial charge in [0.2, 0.25) is 0 Å². The molecule has 1 aliphatic rings. The first kappa shape index (κ1) is 17.2. The number of nitro groups is 1. The molecule has 1 aromatic carbocycles. The second-order valence-corrected chi connectivity index (χ2v) is 7.01. The number of halogens is 1. The number of benzene rings is 1. The maximum absolute atomic E-state index is 11.7. The summed E-state index contributed by atoms with van der Waals surface area (Å²) in [4.78, 5) is 12.0. The molecule has 0 bridgehead atoms. The Morgan fingerprint density at radius 2 is 2.20 bits per heavy atom. The zero-order valence-electron chi connectivity index (χ0n) is 13.0. The van der Waals surface area contributed by atoms with Gasteiger partial charge in [0.05, 0.1) is 21.4 Å². The van der Waals surface area contributed by atoms with Gasteiger partial charge in [-0.1, -0.05) is 34.1 Å². The van der Waals surface area contributed by atoms with E-state index in [9.17, 15) is 15.4 Å². The standard InChI is InChI=1S/C17H12BrN3O3S/c1-20-17-15(21(22)23)14(10-4-2-5-11(18)8-10)12(9-19)16(24-17)13-6-3-7-25-13/h2-8,14,20H,1H3. The van der Waals surface area contributed by atoms with E-state index in [-0.39, 0.29) is 17.2 Å². The Hall–Kier alpha value is -2.63. The highest BCUT2D eigenvalue weighted by Crippen LogP contribution is 2.43. The molecule has 2 heterocycles. The van der Waals surface area contributed by atoms with Gasteiger partial charge < -0.3 is 10.1 Å². The van der Waals surface area contributed by atoms with E-state index in [1.807, 2.05) is 23.6 Å². The smallest absolute Gasteiger partial charge is 0.318 e. The van der Waals surface area contributed by atoms with Crippen molar-refractivity contribution in [1.29, 1.82) is 5.26 Å². The van der Waals surface area contributed by atoms with E-state index < -0.39 is 10.8 Å². The second kappa shape index (κ2) is 7.09. The van der Waals surface area contributed by atoms with Gasteiger partial charge in [-0.05, 0) is 29.1 Å². The molecule has 1 aromatic heterocycles. The number of nitriles is 1. The first-order chi connectivity index (χ1) is 12.1. The van der Waals surface area contributed by atoms with Gasteiger partial charge in [-0.25, -0.2) is 0 Å². The van der Waals surface area contributed by atoms with E-state index in [0.717, 1.165) is 9.35 Å². The van der Waals surface area contributed by atoms with E-state index in [1.165, 1.54) is 11.3 Å². The summed E-state index contributed by atoms with van der Waals surface area (Å²) < 4.78 is 6.50. The minimum absolute atomic E-state index is 0.0392. The zero-order valence-corrected chi connectivity index (χ0v) is 15.4. The third-order valence-corrected chi connectivity index (χ3v) is 5.08. The third-order valence-electron chi connectivity index (χ3n) is 3.71. The van der Waals surface area contributed by atoms with Crippen LogP contribution in [0.4, 0.5) is 0 Å². The van der Waals surface area contributed by atoms with Crippen LogP contribution in [-0.2, 0) is 4.74 Å². The fourth-order valence-corrected chi connectivity index (χ4v) is 3.83. The van der Waals surface area contributed by atoms with E-state index in [0.29, 0.717) is 11.3 Å². The number of ether oxygens (including phenoxy) is 1. The summed E-state index contributed by atoms with van der Waals surface area (Å²) in [6, 6.07) is 12.9. The van der Waals surface area contributed by atoms with Crippen LogP contribution in [0.3, 0.4) is 0 Å².